The van der Waals surface area contributed by atoms with Crippen LogP contribution in [0.25, 0.3) is 0 Å². The first-order valence-electron chi connectivity index (χ1n) is 10.3. The Morgan fingerprint density at radius 1 is 1.03 bits per heavy atom. The molecule has 2 N–H and O–H groups in total. The van der Waals surface area contributed by atoms with Crippen LogP contribution in [0.1, 0.15) is 35.6 Å². The maximum atomic E-state index is 13.2. The molecule has 0 radical (unpaired) electrons. The minimum absolute atomic E-state index is 0.285. The maximum absolute atomic E-state index is 13.2. The Kier molecular flexibility index (Phi) is 5.99. The highest BCUT2D eigenvalue weighted by Gasteiger charge is 2.39. The molecule has 1 saturated carbocycles. The maximum Gasteiger partial charge on any atom is 0.416 e. The summed E-state index contributed by atoms with van der Waals surface area (Å²) in [4.78, 5) is 12.6. The van der Waals surface area contributed by atoms with Crippen molar-refractivity contribution < 1.29 is 22.7 Å². The first-order chi connectivity index (χ1) is 14.4. The summed E-state index contributed by atoms with van der Waals surface area (Å²) < 4.78 is 45.2. The molecular weight excluding hydrogens is 393 g/mol. The van der Waals surface area contributed by atoms with Gasteiger partial charge < -0.3 is 15.4 Å². The Labute approximate surface area is 173 Å². The predicted octanol–water partition coefficient (Wildman–Crippen LogP) is 4.77. The molecular formula is C23H25F3N2O2. The monoisotopic (exact) mass is 418 g/mol. The normalized spacial score (nSPS) is 24.3. The number of alkyl halides is 3. The molecule has 0 aromatic heterocycles. The Morgan fingerprint density at radius 2 is 1.70 bits per heavy atom. The number of piperidine rings is 1. The van der Waals surface area contributed by atoms with Crippen molar-refractivity contribution >= 4 is 6.09 Å². The van der Waals surface area contributed by atoms with E-state index in [0.29, 0.717) is 29.9 Å². The topological polar surface area (TPSA) is 50.4 Å². The third-order valence-electron chi connectivity index (χ3n) is 6.26. The molecule has 2 bridgehead atoms. The smallest absolute Gasteiger partial charge is 0.416 e. The van der Waals surface area contributed by atoms with Crippen LogP contribution in [-0.4, -0.2) is 25.7 Å². The van der Waals surface area contributed by atoms with Gasteiger partial charge in [-0.25, -0.2) is 4.79 Å². The van der Waals surface area contributed by atoms with E-state index in [9.17, 15) is 18.0 Å². The summed E-state index contributed by atoms with van der Waals surface area (Å²) in [5, 5.41) is 6.28. The summed E-state index contributed by atoms with van der Waals surface area (Å²) in [6.45, 7) is 2.46. The lowest BCUT2D eigenvalue weighted by atomic mass is 9.86. The Balaban J connectivity index is 1.49. The summed E-state index contributed by atoms with van der Waals surface area (Å²) in [6.07, 6.45) is -3.67. The predicted molar refractivity (Wildman–Crippen MR) is 107 cm³/mol. The van der Waals surface area contributed by atoms with E-state index in [1.807, 2.05) is 0 Å². The van der Waals surface area contributed by atoms with Gasteiger partial charge in [0.25, 0.3) is 0 Å². The van der Waals surface area contributed by atoms with Crippen molar-refractivity contribution in [1.29, 1.82) is 0 Å². The first kappa shape index (κ1) is 20.7. The second kappa shape index (κ2) is 8.68. The van der Waals surface area contributed by atoms with Gasteiger partial charge in [-0.05, 0) is 66.9 Å². The van der Waals surface area contributed by atoms with Crippen LogP contribution < -0.4 is 10.6 Å². The van der Waals surface area contributed by atoms with E-state index in [1.165, 1.54) is 6.07 Å². The fraction of sp³-hybridized carbons (Fsp3) is 0.435. The highest BCUT2D eigenvalue weighted by Crippen LogP contribution is 2.39. The Hall–Kier alpha value is -2.54. The van der Waals surface area contributed by atoms with Gasteiger partial charge in [0.15, 0.2) is 6.10 Å². The molecule has 1 aliphatic carbocycles. The highest BCUT2D eigenvalue weighted by atomic mass is 19.4. The fourth-order valence-electron chi connectivity index (χ4n) is 4.72. The highest BCUT2D eigenvalue weighted by molar-refractivity contribution is 5.68. The number of halogens is 3. The van der Waals surface area contributed by atoms with Crippen LogP contribution >= 0.6 is 0 Å². The van der Waals surface area contributed by atoms with E-state index in [2.05, 4.69) is 10.6 Å². The average molecular weight is 418 g/mol. The summed E-state index contributed by atoms with van der Waals surface area (Å²) in [5.41, 5.74) is 0.137. The van der Waals surface area contributed by atoms with Crippen LogP contribution in [0.4, 0.5) is 18.0 Å². The lowest BCUT2D eigenvalue weighted by molar-refractivity contribution is -0.137. The molecule has 1 saturated heterocycles. The molecule has 0 spiro atoms. The van der Waals surface area contributed by atoms with E-state index in [1.54, 1.807) is 36.4 Å². The van der Waals surface area contributed by atoms with Crippen molar-refractivity contribution in [3.05, 3.63) is 71.3 Å². The van der Waals surface area contributed by atoms with Crippen LogP contribution in [0.3, 0.4) is 0 Å². The molecule has 2 aromatic rings. The second-order valence-electron chi connectivity index (χ2n) is 8.12. The number of rotatable bonds is 5. The van der Waals surface area contributed by atoms with Gasteiger partial charge in [0.2, 0.25) is 0 Å². The second-order valence-corrected chi connectivity index (χ2v) is 8.12. The summed E-state index contributed by atoms with van der Waals surface area (Å²) in [6, 6.07) is 13.8. The van der Waals surface area contributed by atoms with Crippen molar-refractivity contribution in [1.82, 2.24) is 10.6 Å². The van der Waals surface area contributed by atoms with Crippen molar-refractivity contribution in [3.8, 4) is 0 Å². The van der Waals surface area contributed by atoms with Gasteiger partial charge in [-0.15, -0.1) is 0 Å². The van der Waals surface area contributed by atoms with Gasteiger partial charge >= 0.3 is 12.3 Å². The minimum Gasteiger partial charge on any atom is -0.436 e. The lowest BCUT2D eigenvalue weighted by Crippen LogP contribution is -2.43. The van der Waals surface area contributed by atoms with E-state index in [0.717, 1.165) is 38.1 Å². The van der Waals surface area contributed by atoms with Gasteiger partial charge in [-0.3, -0.25) is 0 Å². The largest absolute Gasteiger partial charge is 0.436 e. The molecule has 1 aliphatic heterocycles. The average Bonchev–Trinajstić information content (AvgIpc) is 2.96. The summed E-state index contributed by atoms with van der Waals surface area (Å²) >= 11 is 0. The van der Waals surface area contributed by atoms with E-state index in [4.69, 9.17) is 4.74 Å². The molecule has 3 unspecified atom stereocenters. The van der Waals surface area contributed by atoms with Crippen LogP contribution in [0.5, 0.6) is 0 Å². The number of nitrogens with one attached hydrogen (secondary N) is 2. The number of carbonyl (C=O) groups excluding carboxylic acids is 1. The summed E-state index contributed by atoms with van der Waals surface area (Å²) in [5.74, 6) is 1.53. The number of hydrogen-bond donors (Lipinski definition) is 2. The third-order valence-corrected chi connectivity index (χ3v) is 6.26. The van der Waals surface area contributed by atoms with Crippen molar-refractivity contribution in [3.63, 3.8) is 0 Å². The number of alkyl carbamates (subject to hydrolysis) is 1. The lowest BCUT2D eigenvalue weighted by Gasteiger charge is -2.31. The van der Waals surface area contributed by atoms with Crippen LogP contribution in [0.2, 0.25) is 0 Å². The zero-order valence-corrected chi connectivity index (χ0v) is 16.5. The molecule has 4 rings (SSSR count). The third kappa shape index (κ3) is 4.61. The van der Waals surface area contributed by atoms with Gasteiger partial charge in [0, 0.05) is 6.54 Å². The number of carbonyl (C=O) groups is 1. The Morgan fingerprint density at radius 3 is 2.37 bits per heavy atom. The quantitative estimate of drug-likeness (QED) is 0.736. The SMILES string of the molecule is O=C(NCC1C2CCC1CNC2)OC(c1ccccc1)c1cccc(C(F)(F)F)c1. The van der Waals surface area contributed by atoms with Crippen molar-refractivity contribution in [2.75, 3.05) is 19.6 Å². The van der Waals surface area contributed by atoms with Crippen molar-refractivity contribution in [2.45, 2.75) is 25.1 Å². The van der Waals surface area contributed by atoms with Crippen LogP contribution in [0, 0.1) is 17.8 Å². The van der Waals surface area contributed by atoms with Crippen LogP contribution in [-0.2, 0) is 10.9 Å². The zero-order chi connectivity index (χ0) is 21.1. The number of fused-ring (bicyclic) bond motifs is 2. The molecule has 4 nitrogen and oxygen atoms in total. The van der Waals surface area contributed by atoms with E-state index in [-0.39, 0.29) is 5.56 Å². The molecule has 30 heavy (non-hydrogen) atoms. The number of hydrogen-bond acceptors (Lipinski definition) is 3. The number of ether oxygens (including phenoxy) is 1. The first-order valence-corrected chi connectivity index (χ1v) is 10.3. The molecule has 2 fully saturated rings. The number of amides is 1. The van der Waals surface area contributed by atoms with Crippen LogP contribution in [0.15, 0.2) is 54.6 Å². The van der Waals surface area contributed by atoms with E-state index >= 15 is 0 Å². The molecule has 3 atom stereocenters. The fourth-order valence-corrected chi connectivity index (χ4v) is 4.72. The minimum atomic E-state index is -4.46. The number of benzene rings is 2. The Bertz CT molecular complexity index is 856. The van der Waals surface area contributed by atoms with Gasteiger partial charge in [0.1, 0.15) is 0 Å². The summed E-state index contributed by atoms with van der Waals surface area (Å²) in [7, 11) is 0. The molecule has 2 aliphatic rings. The van der Waals surface area contributed by atoms with Gasteiger partial charge in [-0.1, -0.05) is 42.5 Å². The zero-order valence-electron chi connectivity index (χ0n) is 16.5. The van der Waals surface area contributed by atoms with E-state index < -0.39 is 23.9 Å². The molecule has 7 heteroatoms. The molecule has 2 aromatic carbocycles. The van der Waals surface area contributed by atoms with Crippen molar-refractivity contribution in [2.24, 2.45) is 17.8 Å². The van der Waals surface area contributed by atoms with Gasteiger partial charge in [0.05, 0.1) is 5.56 Å². The molecule has 1 amide bonds. The standard InChI is InChI=1S/C23H25F3N2O2/c24-23(25,26)19-8-4-7-16(11-19)21(15-5-2-1-3-6-15)30-22(29)28-14-20-17-9-10-18(20)13-27-12-17/h1-8,11,17-18,20-21,27H,9-10,12-14H2,(H,28,29). The molecule has 160 valence electrons. The molecule has 1 heterocycles. The van der Waals surface area contributed by atoms with Gasteiger partial charge in [-0.2, -0.15) is 13.2 Å².